The SMILES string of the molecule is O=C(O)C1(c2[nH]ncc2[N+](=O)[O-])CCC(F)(F)CC1. The predicted molar refractivity (Wildman–Crippen MR) is 58.0 cm³/mol. The molecule has 1 aliphatic carbocycles. The normalized spacial score (nSPS) is 20.9. The number of hydrogen-bond donors (Lipinski definition) is 2. The smallest absolute Gasteiger partial charge is 0.315 e. The number of hydrogen-bond acceptors (Lipinski definition) is 4. The second-order valence-electron chi connectivity index (χ2n) is 4.63. The minimum atomic E-state index is -2.92. The quantitative estimate of drug-likeness (QED) is 0.646. The lowest BCUT2D eigenvalue weighted by Gasteiger charge is -2.35. The summed E-state index contributed by atoms with van der Waals surface area (Å²) in [5, 5.41) is 25.9. The van der Waals surface area contributed by atoms with Crippen molar-refractivity contribution in [1.82, 2.24) is 10.2 Å². The highest BCUT2D eigenvalue weighted by Crippen LogP contribution is 2.47. The lowest BCUT2D eigenvalue weighted by molar-refractivity contribution is -0.386. The van der Waals surface area contributed by atoms with E-state index in [4.69, 9.17) is 0 Å². The molecule has 2 N–H and O–H groups in total. The van der Waals surface area contributed by atoms with Crippen LogP contribution in [0.2, 0.25) is 0 Å². The van der Waals surface area contributed by atoms with Crippen LogP contribution in [0.25, 0.3) is 0 Å². The van der Waals surface area contributed by atoms with Crippen molar-refractivity contribution in [3.63, 3.8) is 0 Å². The van der Waals surface area contributed by atoms with Gasteiger partial charge in [0, 0.05) is 12.8 Å². The van der Waals surface area contributed by atoms with Crippen molar-refractivity contribution in [2.75, 3.05) is 0 Å². The molecule has 0 bridgehead atoms. The lowest BCUT2D eigenvalue weighted by Crippen LogP contribution is -2.43. The number of nitro groups is 1. The molecule has 19 heavy (non-hydrogen) atoms. The number of rotatable bonds is 3. The van der Waals surface area contributed by atoms with E-state index in [1.165, 1.54) is 0 Å². The third-order valence-corrected chi connectivity index (χ3v) is 3.54. The van der Waals surface area contributed by atoms with Gasteiger partial charge in [-0.15, -0.1) is 0 Å². The highest BCUT2D eigenvalue weighted by Gasteiger charge is 2.52. The summed E-state index contributed by atoms with van der Waals surface area (Å²) in [5.41, 5.74) is -2.38. The largest absolute Gasteiger partial charge is 0.481 e. The molecule has 0 radical (unpaired) electrons. The molecular weight excluding hydrogens is 264 g/mol. The van der Waals surface area contributed by atoms with Crippen LogP contribution in [-0.4, -0.2) is 32.1 Å². The number of carbonyl (C=O) groups is 1. The molecule has 0 unspecified atom stereocenters. The van der Waals surface area contributed by atoms with Gasteiger partial charge in [-0.2, -0.15) is 5.10 Å². The van der Waals surface area contributed by atoms with Gasteiger partial charge in [-0.3, -0.25) is 20.0 Å². The van der Waals surface area contributed by atoms with Crippen LogP contribution in [-0.2, 0) is 10.2 Å². The Kier molecular flexibility index (Phi) is 2.99. The van der Waals surface area contributed by atoms with Gasteiger partial charge in [0.05, 0.1) is 4.92 Å². The van der Waals surface area contributed by atoms with Crippen LogP contribution in [0.5, 0.6) is 0 Å². The summed E-state index contributed by atoms with van der Waals surface area (Å²) in [6, 6.07) is 0. The highest BCUT2D eigenvalue weighted by atomic mass is 19.3. The number of carboxylic acids is 1. The molecule has 0 aromatic carbocycles. The van der Waals surface area contributed by atoms with Crippen molar-refractivity contribution in [3.8, 4) is 0 Å². The van der Waals surface area contributed by atoms with E-state index in [-0.39, 0.29) is 18.5 Å². The van der Waals surface area contributed by atoms with E-state index >= 15 is 0 Å². The lowest BCUT2D eigenvalue weighted by atomic mass is 9.70. The number of carboxylic acid groups (broad SMARTS) is 1. The molecule has 0 atom stereocenters. The minimum Gasteiger partial charge on any atom is -0.481 e. The fraction of sp³-hybridized carbons (Fsp3) is 0.600. The molecule has 7 nitrogen and oxygen atoms in total. The first-order valence-corrected chi connectivity index (χ1v) is 5.58. The fourth-order valence-corrected chi connectivity index (χ4v) is 2.38. The predicted octanol–water partition coefficient (Wildman–Crippen LogP) is 1.85. The molecule has 0 saturated heterocycles. The zero-order valence-electron chi connectivity index (χ0n) is 9.73. The Hall–Kier alpha value is -2.06. The Morgan fingerprint density at radius 3 is 2.47 bits per heavy atom. The van der Waals surface area contributed by atoms with Crippen LogP contribution in [0, 0.1) is 10.1 Å². The van der Waals surface area contributed by atoms with E-state index in [0.29, 0.717) is 0 Å². The Labute approximate surface area is 105 Å². The van der Waals surface area contributed by atoms with E-state index in [9.17, 15) is 28.8 Å². The summed E-state index contributed by atoms with van der Waals surface area (Å²) in [6.07, 6.45) is -1.06. The summed E-state index contributed by atoms with van der Waals surface area (Å²) in [4.78, 5) is 21.5. The maximum Gasteiger partial charge on any atom is 0.315 e. The van der Waals surface area contributed by atoms with Gasteiger partial charge >= 0.3 is 11.7 Å². The van der Waals surface area contributed by atoms with Crippen LogP contribution in [0.15, 0.2) is 6.20 Å². The zero-order valence-corrected chi connectivity index (χ0v) is 9.73. The van der Waals surface area contributed by atoms with E-state index in [1.807, 2.05) is 0 Å². The number of aliphatic carboxylic acids is 1. The molecule has 0 aliphatic heterocycles. The molecule has 0 amide bonds. The van der Waals surface area contributed by atoms with E-state index < -0.39 is 40.8 Å². The number of alkyl halides is 2. The molecule has 1 aliphatic rings. The van der Waals surface area contributed by atoms with Crippen molar-refractivity contribution >= 4 is 11.7 Å². The van der Waals surface area contributed by atoms with Crippen molar-refractivity contribution in [2.45, 2.75) is 37.0 Å². The van der Waals surface area contributed by atoms with Gasteiger partial charge in [0.2, 0.25) is 5.92 Å². The monoisotopic (exact) mass is 275 g/mol. The summed E-state index contributed by atoms with van der Waals surface area (Å²) in [5.74, 6) is -4.27. The Morgan fingerprint density at radius 1 is 1.42 bits per heavy atom. The van der Waals surface area contributed by atoms with Gasteiger partial charge in [0.25, 0.3) is 0 Å². The van der Waals surface area contributed by atoms with Crippen LogP contribution in [0.1, 0.15) is 31.4 Å². The van der Waals surface area contributed by atoms with Crippen molar-refractivity contribution in [3.05, 3.63) is 22.0 Å². The molecule has 0 spiro atoms. The number of nitrogens with one attached hydrogen (secondary N) is 1. The Morgan fingerprint density at radius 2 is 2.00 bits per heavy atom. The standard InChI is InChI=1S/C10H11F2N3O4/c11-10(12)3-1-9(2-4-10,8(16)17)7-6(15(18)19)5-13-14-7/h5H,1-4H2,(H,13,14)(H,16,17). The van der Waals surface area contributed by atoms with Crippen LogP contribution >= 0.6 is 0 Å². The molecule has 104 valence electrons. The number of H-pyrrole nitrogens is 1. The second-order valence-corrected chi connectivity index (χ2v) is 4.63. The number of aromatic amines is 1. The van der Waals surface area contributed by atoms with Crippen molar-refractivity contribution in [1.29, 1.82) is 0 Å². The molecule has 1 aromatic heterocycles. The summed E-state index contributed by atoms with van der Waals surface area (Å²) in [6.45, 7) is 0. The summed E-state index contributed by atoms with van der Waals surface area (Å²) < 4.78 is 26.3. The van der Waals surface area contributed by atoms with E-state index in [1.54, 1.807) is 0 Å². The number of aromatic nitrogens is 2. The topological polar surface area (TPSA) is 109 Å². The van der Waals surface area contributed by atoms with Crippen molar-refractivity contribution in [2.24, 2.45) is 0 Å². The molecular formula is C10H11F2N3O4. The third kappa shape index (κ3) is 2.15. The van der Waals surface area contributed by atoms with E-state index in [0.717, 1.165) is 6.20 Å². The van der Waals surface area contributed by atoms with Gasteiger partial charge in [-0.05, 0) is 12.8 Å². The average Bonchev–Trinajstić information content (AvgIpc) is 2.78. The van der Waals surface area contributed by atoms with Gasteiger partial charge < -0.3 is 5.11 Å². The number of halogens is 2. The average molecular weight is 275 g/mol. The van der Waals surface area contributed by atoms with Crippen LogP contribution < -0.4 is 0 Å². The molecule has 1 aromatic rings. The third-order valence-electron chi connectivity index (χ3n) is 3.54. The highest BCUT2D eigenvalue weighted by molar-refractivity contribution is 5.82. The van der Waals surface area contributed by atoms with E-state index in [2.05, 4.69) is 10.2 Å². The summed E-state index contributed by atoms with van der Waals surface area (Å²) >= 11 is 0. The Balaban J connectivity index is 2.44. The first kappa shape index (κ1) is 13.4. The Bertz CT molecular complexity index is 519. The van der Waals surface area contributed by atoms with Gasteiger partial charge in [-0.1, -0.05) is 0 Å². The maximum atomic E-state index is 13.2. The molecule has 9 heteroatoms. The van der Waals surface area contributed by atoms with Gasteiger partial charge in [0.15, 0.2) is 0 Å². The second kappa shape index (κ2) is 4.25. The molecule has 2 rings (SSSR count). The van der Waals surface area contributed by atoms with Crippen molar-refractivity contribution < 1.29 is 23.6 Å². The molecule has 1 heterocycles. The molecule has 1 fully saturated rings. The minimum absolute atomic E-state index is 0.208. The van der Waals surface area contributed by atoms with Crippen LogP contribution in [0.3, 0.4) is 0 Å². The first-order valence-electron chi connectivity index (χ1n) is 5.58. The molecule has 1 saturated carbocycles. The van der Waals surface area contributed by atoms with Gasteiger partial charge in [-0.25, -0.2) is 8.78 Å². The van der Waals surface area contributed by atoms with Gasteiger partial charge in [0.1, 0.15) is 17.3 Å². The zero-order chi connectivity index (χ0) is 14.3. The fourth-order valence-electron chi connectivity index (χ4n) is 2.38. The maximum absolute atomic E-state index is 13.2. The van der Waals surface area contributed by atoms with Crippen LogP contribution in [0.4, 0.5) is 14.5 Å². The number of nitrogens with zero attached hydrogens (tertiary/aromatic N) is 2. The first-order chi connectivity index (χ1) is 8.78. The summed E-state index contributed by atoms with van der Waals surface area (Å²) in [7, 11) is 0.